The summed E-state index contributed by atoms with van der Waals surface area (Å²) in [6.07, 6.45) is 2.42. The van der Waals surface area contributed by atoms with Crippen molar-refractivity contribution in [2.24, 2.45) is 23.2 Å². The predicted octanol–water partition coefficient (Wildman–Crippen LogP) is 2.17. The van der Waals surface area contributed by atoms with Crippen LogP contribution in [0, 0.1) is 23.2 Å². The summed E-state index contributed by atoms with van der Waals surface area (Å²) in [5.74, 6) is 0.702. The molecule has 0 heterocycles. The summed E-state index contributed by atoms with van der Waals surface area (Å²) in [5, 5.41) is 9.98. The number of hydrogen-bond donors (Lipinski definition) is 1. The lowest BCUT2D eigenvalue weighted by Crippen LogP contribution is -2.31. The molecule has 84 valence electrons. The summed E-state index contributed by atoms with van der Waals surface area (Å²) >= 11 is 0. The first-order chi connectivity index (χ1) is 6.85. The molecule has 0 aromatic rings. The molecule has 0 bridgehead atoms. The van der Waals surface area contributed by atoms with Crippen LogP contribution in [-0.2, 0) is 4.79 Å². The SMILES string of the molecule is CC1=C[C@H]2[C@@H](C(=O)[C@@H](O)C2(C)C)[C@H](C)C1. The maximum Gasteiger partial charge on any atom is 0.165 e. The van der Waals surface area contributed by atoms with Crippen LogP contribution in [0.3, 0.4) is 0 Å². The number of allylic oxidation sites excluding steroid dienone is 2. The molecule has 1 fully saturated rings. The van der Waals surface area contributed by atoms with Crippen molar-refractivity contribution in [3.63, 3.8) is 0 Å². The van der Waals surface area contributed by atoms with Gasteiger partial charge in [-0.15, -0.1) is 0 Å². The summed E-state index contributed by atoms with van der Waals surface area (Å²) in [5.41, 5.74) is 1.07. The largest absolute Gasteiger partial charge is 0.385 e. The number of carbonyl (C=O) groups excluding carboxylic acids is 1. The molecule has 0 spiro atoms. The molecule has 1 saturated carbocycles. The van der Waals surface area contributed by atoms with Crippen molar-refractivity contribution < 1.29 is 9.90 Å². The zero-order valence-corrected chi connectivity index (χ0v) is 9.95. The van der Waals surface area contributed by atoms with Crippen molar-refractivity contribution in [1.82, 2.24) is 0 Å². The number of ketones is 1. The number of rotatable bonds is 0. The predicted molar refractivity (Wildman–Crippen MR) is 59.3 cm³/mol. The minimum atomic E-state index is -0.780. The Labute approximate surface area is 91.4 Å². The van der Waals surface area contributed by atoms with E-state index >= 15 is 0 Å². The average molecular weight is 208 g/mol. The summed E-state index contributed by atoms with van der Waals surface area (Å²) in [6, 6.07) is 0. The highest BCUT2D eigenvalue weighted by atomic mass is 16.3. The van der Waals surface area contributed by atoms with Crippen molar-refractivity contribution in [3.05, 3.63) is 11.6 Å². The summed E-state index contributed by atoms with van der Waals surface area (Å²) < 4.78 is 0. The van der Waals surface area contributed by atoms with Crippen molar-refractivity contribution in [2.75, 3.05) is 0 Å². The maximum absolute atomic E-state index is 12.0. The fraction of sp³-hybridized carbons (Fsp3) is 0.769. The van der Waals surface area contributed by atoms with Gasteiger partial charge in [0.25, 0.3) is 0 Å². The van der Waals surface area contributed by atoms with Crippen LogP contribution >= 0.6 is 0 Å². The van der Waals surface area contributed by atoms with Gasteiger partial charge in [0.1, 0.15) is 6.10 Å². The standard InChI is InChI=1S/C13H20O2/c1-7-5-8(2)10-9(6-7)13(3,4)12(15)11(10)14/h6,8-10,12,15H,5H2,1-4H3/t8-,9+,10+,12-/m1/s1. The van der Waals surface area contributed by atoms with Gasteiger partial charge in [0.2, 0.25) is 0 Å². The van der Waals surface area contributed by atoms with Crippen molar-refractivity contribution in [2.45, 2.75) is 40.2 Å². The molecule has 0 radical (unpaired) electrons. The minimum Gasteiger partial charge on any atom is -0.385 e. The van der Waals surface area contributed by atoms with Gasteiger partial charge in [-0.3, -0.25) is 4.79 Å². The Kier molecular flexibility index (Phi) is 2.30. The van der Waals surface area contributed by atoms with Gasteiger partial charge in [-0.25, -0.2) is 0 Å². The molecule has 2 heteroatoms. The van der Waals surface area contributed by atoms with E-state index in [-0.39, 0.29) is 23.0 Å². The second-order valence-electron chi connectivity index (χ2n) is 5.87. The van der Waals surface area contributed by atoms with Gasteiger partial charge in [0.05, 0.1) is 0 Å². The lowest BCUT2D eigenvalue weighted by atomic mass is 9.69. The first-order valence-corrected chi connectivity index (χ1v) is 5.74. The number of hydrogen-bond acceptors (Lipinski definition) is 2. The Balaban J connectivity index is 2.45. The molecule has 4 atom stereocenters. The van der Waals surface area contributed by atoms with Gasteiger partial charge in [-0.05, 0) is 25.2 Å². The molecule has 2 aliphatic rings. The molecule has 0 amide bonds. The zero-order valence-electron chi connectivity index (χ0n) is 9.95. The Bertz CT molecular complexity index is 327. The molecular weight excluding hydrogens is 188 g/mol. The Morgan fingerprint density at radius 3 is 2.67 bits per heavy atom. The molecule has 0 aliphatic heterocycles. The van der Waals surface area contributed by atoms with Gasteiger partial charge >= 0.3 is 0 Å². The molecule has 0 unspecified atom stereocenters. The molecule has 2 rings (SSSR count). The van der Waals surface area contributed by atoms with Crippen molar-refractivity contribution in [1.29, 1.82) is 0 Å². The minimum absolute atomic E-state index is 0.0405. The van der Waals surface area contributed by atoms with E-state index in [1.807, 2.05) is 13.8 Å². The van der Waals surface area contributed by atoms with E-state index in [1.54, 1.807) is 0 Å². The van der Waals surface area contributed by atoms with Gasteiger partial charge in [-0.1, -0.05) is 32.4 Å². The van der Waals surface area contributed by atoms with E-state index in [0.29, 0.717) is 5.92 Å². The second kappa shape index (κ2) is 3.18. The smallest absolute Gasteiger partial charge is 0.165 e. The van der Waals surface area contributed by atoms with Crippen LogP contribution in [-0.4, -0.2) is 17.0 Å². The van der Waals surface area contributed by atoms with Gasteiger partial charge in [-0.2, -0.15) is 0 Å². The quantitative estimate of drug-likeness (QED) is 0.619. The van der Waals surface area contributed by atoms with Gasteiger partial charge < -0.3 is 5.11 Å². The molecule has 2 nitrogen and oxygen atoms in total. The summed E-state index contributed by atoms with van der Waals surface area (Å²) in [7, 11) is 0. The second-order valence-corrected chi connectivity index (χ2v) is 5.87. The van der Waals surface area contributed by atoms with Crippen LogP contribution in [0.5, 0.6) is 0 Å². The first-order valence-electron chi connectivity index (χ1n) is 5.74. The van der Waals surface area contributed by atoms with E-state index in [1.165, 1.54) is 5.57 Å². The molecule has 0 saturated heterocycles. The van der Waals surface area contributed by atoms with Crippen LogP contribution in [0.15, 0.2) is 11.6 Å². The normalized spacial score (nSPS) is 43.8. The van der Waals surface area contributed by atoms with E-state index in [4.69, 9.17) is 0 Å². The number of aliphatic hydroxyl groups excluding tert-OH is 1. The van der Waals surface area contributed by atoms with E-state index in [2.05, 4.69) is 19.9 Å². The highest BCUT2D eigenvalue weighted by molar-refractivity contribution is 5.89. The lowest BCUT2D eigenvalue weighted by molar-refractivity contribution is -0.130. The van der Waals surface area contributed by atoms with Crippen LogP contribution in [0.1, 0.15) is 34.1 Å². The zero-order chi connectivity index (χ0) is 11.4. The third kappa shape index (κ3) is 1.38. The maximum atomic E-state index is 12.0. The van der Waals surface area contributed by atoms with E-state index < -0.39 is 6.10 Å². The van der Waals surface area contributed by atoms with Gasteiger partial charge in [0, 0.05) is 11.3 Å². The fourth-order valence-corrected chi connectivity index (χ4v) is 3.33. The molecule has 15 heavy (non-hydrogen) atoms. The first kappa shape index (κ1) is 10.9. The highest BCUT2D eigenvalue weighted by Gasteiger charge is 2.55. The third-order valence-corrected chi connectivity index (χ3v) is 4.27. The fourth-order valence-electron chi connectivity index (χ4n) is 3.33. The van der Waals surface area contributed by atoms with Crippen LogP contribution < -0.4 is 0 Å². The van der Waals surface area contributed by atoms with Crippen LogP contribution in [0.4, 0.5) is 0 Å². The Morgan fingerprint density at radius 2 is 2.07 bits per heavy atom. The number of carbonyl (C=O) groups is 1. The molecule has 1 N–H and O–H groups in total. The number of Topliss-reactive ketones (excluding diaryl/α,β-unsaturated/α-hetero) is 1. The molecule has 0 aromatic carbocycles. The molecule has 0 aromatic heterocycles. The third-order valence-electron chi connectivity index (χ3n) is 4.27. The van der Waals surface area contributed by atoms with Crippen molar-refractivity contribution >= 4 is 5.78 Å². The van der Waals surface area contributed by atoms with Crippen LogP contribution in [0.25, 0.3) is 0 Å². The summed E-state index contributed by atoms with van der Waals surface area (Å²) in [4.78, 5) is 12.0. The van der Waals surface area contributed by atoms with Gasteiger partial charge in [0.15, 0.2) is 5.78 Å². The van der Waals surface area contributed by atoms with Crippen molar-refractivity contribution in [3.8, 4) is 0 Å². The van der Waals surface area contributed by atoms with E-state index in [9.17, 15) is 9.90 Å². The number of fused-ring (bicyclic) bond motifs is 1. The number of aliphatic hydroxyl groups is 1. The summed E-state index contributed by atoms with van der Waals surface area (Å²) in [6.45, 7) is 8.25. The highest BCUT2D eigenvalue weighted by Crippen LogP contribution is 2.51. The Morgan fingerprint density at radius 1 is 1.47 bits per heavy atom. The van der Waals surface area contributed by atoms with Crippen LogP contribution in [0.2, 0.25) is 0 Å². The average Bonchev–Trinajstić information content (AvgIpc) is 2.28. The topological polar surface area (TPSA) is 37.3 Å². The van der Waals surface area contributed by atoms with E-state index in [0.717, 1.165) is 6.42 Å². The monoisotopic (exact) mass is 208 g/mol. The molecule has 2 aliphatic carbocycles. The Hall–Kier alpha value is -0.630. The lowest BCUT2D eigenvalue weighted by Gasteiger charge is -2.34. The molecular formula is C13H20O2.